The van der Waals surface area contributed by atoms with E-state index < -0.39 is 0 Å². The van der Waals surface area contributed by atoms with Crippen molar-refractivity contribution >= 4 is 5.91 Å². The Kier molecular flexibility index (Phi) is 3.55. The lowest BCUT2D eigenvalue weighted by atomic mass is 9.90. The van der Waals surface area contributed by atoms with Gasteiger partial charge < -0.3 is 13.8 Å². The number of oxazole rings is 1. The number of hydrogen-bond acceptors (Lipinski definition) is 7. The minimum absolute atomic E-state index is 0.0484. The molecule has 2 fully saturated rings. The number of piperidine rings is 1. The van der Waals surface area contributed by atoms with Crippen molar-refractivity contribution in [1.82, 2.24) is 25.0 Å². The van der Waals surface area contributed by atoms with E-state index in [4.69, 9.17) is 8.94 Å². The SMILES string of the molecule is O=C(c1cocn1)N1C2CCC1CC(c1nc(-c3ccncc3)no1)C2. The molecule has 0 saturated carbocycles. The zero-order valence-electron chi connectivity index (χ0n) is 14.0. The van der Waals surface area contributed by atoms with Gasteiger partial charge in [-0.25, -0.2) is 4.98 Å². The molecule has 8 nitrogen and oxygen atoms in total. The lowest BCUT2D eigenvalue weighted by Crippen LogP contribution is -2.46. The van der Waals surface area contributed by atoms with Gasteiger partial charge >= 0.3 is 0 Å². The average molecular weight is 351 g/mol. The largest absolute Gasteiger partial charge is 0.451 e. The number of carbonyl (C=O) groups is 1. The summed E-state index contributed by atoms with van der Waals surface area (Å²) in [7, 11) is 0. The third-order valence-corrected chi connectivity index (χ3v) is 5.35. The average Bonchev–Trinajstić information content (AvgIpc) is 3.42. The summed E-state index contributed by atoms with van der Waals surface area (Å²) < 4.78 is 10.5. The lowest BCUT2D eigenvalue weighted by Gasteiger charge is -2.37. The molecule has 2 bridgehead atoms. The summed E-state index contributed by atoms with van der Waals surface area (Å²) in [6, 6.07) is 4.08. The molecule has 26 heavy (non-hydrogen) atoms. The van der Waals surface area contributed by atoms with Crippen molar-refractivity contribution in [2.24, 2.45) is 0 Å². The minimum atomic E-state index is -0.0484. The minimum Gasteiger partial charge on any atom is -0.451 e. The highest BCUT2D eigenvalue weighted by Gasteiger charge is 2.45. The maximum Gasteiger partial charge on any atom is 0.276 e. The molecule has 2 atom stereocenters. The number of carbonyl (C=O) groups excluding carboxylic acids is 1. The van der Waals surface area contributed by atoms with Gasteiger partial charge in [-0.1, -0.05) is 5.16 Å². The summed E-state index contributed by atoms with van der Waals surface area (Å²) in [5, 5.41) is 4.11. The molecular weight excluding hydrogens is 334 g/mol. The maximum atomic E-state index is 12.7. The van der Waals surface area contributed by atoms with Gasteiger partial charge in [-0.2, -0.15) is 4.98 Å². The number of amides is 1. The zero-order valence-corrected chi connectivity index (χ0v) is 14.0. The molecule has 132 valence electrons. The normalized spacial score (nSPS) is 24.8. The molecule has 2 saturated heterocycles. The van der Waals surface area contributed by atoms with Crippen LogP contribution in [0.4, 0.5) is 0 Å². The fourth-order valence-corrected chi connectivity index (χ4v) is 4.18. The number of aromatic nitrogens is 4. The second-order valence-corrected chi connectivity index (χ2v) is 6.83. The molecule has 0 aromatic carbocycles. The van der Waals surface area contributed by atoms with Crippen LogP contribution in [-0.2, 0) is 0 Å². The Bertz CT molecular complexity index is 894. The molecule has 3 aromatic heterocycles. The van der Waals surface area contributed by atoms with E-state index in [2.05, 4.69) is 20.1 Å². The predicted octanol–water partition coefficient (Wildman–Crippen LogP) is 2.67. The van der Waals surface area contributed by atoms with E-state index in [0.29, 0.717) is 17.4 Å². The van der Waals surface area contributed by atoms with Crippen molar-refractivity contribution in [3.63, 3.8) is 0 Å². The number of hydrogen-bond donors (Lipinski definition) is 0. The van der Waals surface area contributed by atoms with E-state index in [9.17, 15) is 4.79 Å². The van der Waals surface area contributed by atoms with Gasteiger partial charge in [-0.15, -0.1) is 0 Å². The Morgan fingerprint density at radius 1 is 1.15 bits per heavy atom. The fraction of sp³-hybridized carbons (Fsp3) is 0.389. The van der Waals surface area contributed by atoms with Crippen molar-refractivity contribution in [2.75, 3.05) is 0 Å². The second-order valence-electron chi connectivity index (χ2n) is 6.83. The molecule has 5 rings (SSSR count). The second kappa shape index (κ2) is 6.05. The molecule has 0 spiro atoms. The smallest absolute Gasteiger partial charge is 0.276 e. The van der Waals surface area contributed by atoms with Crippen molar-refractivity contribution < 1.29 is 13.7 Å². The molecule has 2 unspecified atom stereocenters. The van der Waals surface area contributed by atoms with Crippen LogP contribution in [0.3, 0.4) is 0 Å². The summed E-state index contributed by atoms with van der Waals surface area (Å²) in [5.74, 6) is 1.36. The van der Waals surface area contributed by atoms with Gasteiger partial charge in [0.15, 0.2) is 12.1 Å². The van der Waals surface area contributed by atoms with Gasteiger partial charge in [0, 0.05) is 36.0 Å². The first-order chi connectivity index (χ1) is 12.8. The molecule has 8 heteroatoms. The van der Waals surface area contributed by atoms with Gasteiger partial charge in [-0.05, 0) is 37.8 Å². The Morgan fingerprint density at radius 2 is 1.92 bits per heavy atom. The standard InChI is InChI=1S/C18H17N5O3/c24-18(15-9-25-10-20-15)23-13-1-2-14(23)8-12(7-13)17-21-16(22-26-17)11-3-5-19-6-4-11/h3-6,9-10,12-14H,1-2,7-8H2. The van der Waals surface area contributed by atoms with Crippen LogP contribution in [0.2, 0.25) is 0 Å². The number of fused-ring (bicyclic) bond motifs is 2. The quantitative estimate of drug-likeness (QED) is 0.715. The number of nitrogens with zero attached hydrogens (tertiary/aromatic N) is 5. The third kappa shape index (κ3) is 2.49. The molecule has 0 N–H and O–H groups in total. The first-order valence-electron chi connectivity index (χ1n) is 8.74. The van der Waals surface area contributed by atoms with Gasteiger partial charge in [-0.3, -0.25) is 9.78 Å². The Hall–Kier alpha value is -3.03. The summed E-state index contributed by atoms with van der Waals surface area (Å²) in [6.45, 7) is 0. The highest BCUT2D eigenvalue weighted by Crippen LogP contribution is 2.43. The fourth-order valence-electron chi connectivity index (χ4n) is 4.18. The summed E-state index contributed by atoms with van der Waals surface area (Å²) >= 11 is 0. The van der Waals surface area contributed by atoms with E-state index >= 15 is 0 Å². The van der Waals surface area contributed by atoms with Gasteiger partial charge in [0.1, 0.15) is 6.26 Å². The van der Waals surface area contributed by atoms with E-state index in [-0.39, 0.29) is 23.9 Å². The molecule has 2 aliphatic heterocycles. The third-order valence-electron chi connectivity index (χ3n) is 5.35. The van der Waals surface area contributed by atoms with Crippen LogP contribution in [0.5, 0.6) is 0 Å². The number of rotatable bonds is 3. The maximum absolute atomic E-state index is 12.7. The highest BCUT2D eigenvalue weighted by molar-refractivity contribution is 5.92. The Morgan fingerprint density at radius 3 is 2.62 bits per heavy atom. The first-order valence-corrected chi connectivity index (χ1v) is 8.74. The zero-order chi connectivity index (χ0) is 17.5. The van der Waals surface area contributed by atoms with E-state index in [1.165, 1.54) is 12.7 Å². The van der Waals surface area contributed by atoms with Crippen LogP contribution < -0.4 is 0 Å². The van der Waals surface area contributed by atoms with Crippen LogP contribution in [0, 0.1) is 0 Å². The Labute approximate surface area is 149 Å². The van der Waals surface area contributed by atoms with Crippen molar-refractivity contribution in [3.05, 3.63) is 48.8 Å². The molecule has 2 aliphatic rings. The molecule has 0 radical (unpaired) electrons. The molecule has 0 aliphatic carbocycles. The topological polar surface area (TPSA) is 98.2 Å². The van der Waals surface area contributed by atoms with E-state index in [1.807, 2.05) is 17.0 Å². The van der Waals surface area contributed by atoms with Gasteiger partial charge in [0.2, 0.25) is 11.7 Å². The first kappa shape index (κ1) is 15.2. The van der Waals surface area contributed by atoms with E-state index in [1.54, 1.807) is 12.4 Å². The van der Waals surface area contributed by atoms with Crippen LogP contribution in [0.1, 0.15) is 48.0 Å². The van der Waals surface area contributed by atoms with Crippen LogP contribution in [-0.4, -0.2) is 43.0 Å². The lowest BCUT2D eigenvalue weighted by molar-refractivity contribution is 0.0549. The van der Waals surface area contributed by atoms with Crippen molar-refractivity contribution in [2.45, 2.75) is 43.7 Å². The van der Waals surface area contributed by atoms with Crippen molar-refractivity contribution in [1.29, 1.82) is 0 Å². The van der Waals surface area contributed by atoms with Crippen LogP contribution in [0.25, 0.3) is 11.4 Å². The number of pyridine rings is 1. The Balaban J connectivity index is 1.35. The van der Waals surface area contributed by atoms with Gasteiger partial charge in [0.05, 0.1) is 0 Å². The molecule has 5 heterocycles. The molecule has 1 amide bonds. The van der Waals surface area contributed by atoms with Crippen molar-refractivity contribution in [3.8, 4) is 11.4 Å². The highest BCUT2D eigenvalue weighted by atomic mass is 16.5. The predicted molar refractivity (Wildman–Crippen MR) is 89.0 cm³/mol. The monoisotopic (exact) mass is 351 g/mol. The summed E-state index contributed by atoms with van der Waals surface area (Å²) in [6.07, 6.45) is 9.77. The summed E-state index contributed by atoms with van der Waals surface area (Å²) in [5.41, 5.74) is 1.26. The summed E-state index contributed by atoms with van der Waals surface area (Å²) in [4.78, 5) is 27.3. The van der Waals surface area contributed by atoms with Crippen LogP contribution >= 0.6 is 0 Å². The van der Waals surface area contributed by atoms with E-state index in [0.717, 1.165) is 31.2 Å². The molecule has 3 aromatic rings. The van der Waals surface area contributed by atoms with Crippen LogP contribution in [0.15, 0.2) is 46.1 Å². The molecular formula is C18H17N5O3. The van der Waals surface area contributed by atoms with Gasteiger partial charge in [0.25, 0.3) is 5.91 Å².